The van der Waals surface area contributed by atoms with Crippen molar-refractivity contribution in [2.75, 3.05) is 13.7 Å². The van der Waals surface area contributed by atoms with Crippen molar-refractivity contribution in [3.8, 4) is 16.3 Å². The van der Waals surface area contributed by atoms with Gasteiger partial charge < -0.3 is 9.47 Å². The molecule has 0 saturated heterocycles. The summed E-state index contributed by atoms with van der Waals surface area (Å²) in [5.41, 5.74) is 2.36. The monoisotopic (exact) mass is 277 g/mol. The number of thiazole rings is 1. The summed E-state index contributed by atoms with van der Waals surface area (Å²) < 4.78 is 10.1. The molecular formula is C14H15NO3S. The number of rotatable bonds is 4. The summed E-state index contributed by atoms with van der Waals surface area (Å²) in [4.78, 5) is 15.9. The fourth-order valence-corrected chi connectivity index (χ4v) is 2.50. The number of methoxy groups -OCH3 is 1. The molecule has 0 amide bonds. The van der Waals surface area contributed by atoms with Gasteiger partial charge in [0.25, 0.3) is 0 Å². The van der Waals surface area contributed by atoms with E-state index in [0.29, 0.717) is 12.3 Å². The predicted molar refractivity (Wildman–Crippen MR) is 74.8 cm³/mol. The van der Waals surface area contributed by atoms with Crippen LogP contribution in [0.25, 0.3) is 10.6 Å². The fraction of sp³-hybridized carbons (Fsp3) is 0.286. The van der Waals surface area contributed by atoms with Crippen LogP contribution in [0.1, 0.15) is 23.0 Å². The Morgan fingerprint density at radius 1 is 1.42 bits per heavy atom. The normalized spacial score (nSPS) is 10.3. The van der Waals surface area contributed by atoms with E-state index in [1.54, 1.807) is 19.4 Å². The summed E-state index contributed by atoms with van der Waals surface area (Å²) in [5, 5.41) is 2.51. The zero-order valence-electron chi connectivity index (χ0n) is 11.1. The molecule has 0 radical (unpaired) electrons. The molecule has 0 atom stereocenters. The third-order valence-corrected chi connectivity index (χ3v) is 3.52. The molecule has 19 heavy (non-hydrogen) atoms. The molecule has 5 heteroatoms. The van der Waals surface area contributed by atoms with Crippen LogP contribution in [0.5, 0.6) is 5.75 Å². The number of aromatic nitrogens is 1. The Hall–Kier alpha value is -1.88. The van der Waals surface area contributed by atoms with Gasteiger partial charge in [-0.05, 0) is 37.6 Å². The summed E-state index contributed by atoms with van der Waals surface area (Å²) in [6.45, 7) is 4.10. The molecule has 0 saturated carbocycles. The summed E-state index contributed by atoms with van der Waals surface area (Å²) in [7, 11) is 1.64. The number of hydrogen-bond acceptors (Lipinski definition) is 5. The van der Waals surface area contributed by atoms with Crippen molar-refractivity contribution in [3.63, 3.8) is 0 Å². The minimum atomic E-state index is -0.379. The molecule has 100 valence electrons. The van der Waals surface area contributed by atoms with Gasteiger partial charge in [0.05, 0.1) is 13.7 Å². The number of esters is 1. The number of carbonyl (C=O) groups is 1. The first-order chi connectivity index (χ1) is 9.15. The minimum Gasteiger partial charge on any atom is -0.496 e. The maximum Gasteiger partial charge on any atom is 0.357 e. The Morgan fingerprint density at radius 2 is 2.21 bits per heavy atom. The lowest BCUT2D eigenvalue weighted by Gasteiger charge is -2.05. The molecule has 1 aromatic carbocycles. The molecule has 2 aromatic rings. The third kappa shape index (κ3) is 2.93. The van der Waals surface area contributed by atoms with Crippen molar-refractivity contribution in [2.45, 2.75) is 13.8 Å². The third-order valence-electron chi connectivity index (χ3n) is 2.63. The Kier molecular flexibility index (Phi) is 4.16. The van der Waals surface area contributed by atoms with Crippen LogP contribution in [-0.2, 0) is 4.74 Å². The summed E-state index contributed by atoms with van der Waals surface area (Å²) in [6.07, 6.45) is 0. The highest BCUT2D eigenvalue weighted by molar-refractivity contribution is 7.13. The lowest BCUT2D eigenvalue weighted by molar-refractivity contribution is 0.0520. The quantitative estimate of drug-likeness (QED) is 0.804. The number of benzene rings is 1. The van der Waals surface area contributed by atoms with Gasteiger partial charge in [0.2, 0.25) is 0 Å². The average molecular weight is 277 g/mol. The summed E-state index contributed by atoms with van der Waals surface area (Å²) in [5.74, 6) is 0.459. The van der Waals surface area contributed by atoms with E-state index in [-0.39, 0.29) is 5.97 Å². The van der Waals surface area contributed by atoms with E-state index in [1.807, 2.05) is 25.1 Å². The smallest absolute Gasteiger partial charge is 0.357 e. The van der Waals surface area contributed by atoms with Crippen molar-refractivity contribution >= 4 is 17.3 Å². The fourth-order valence-electron chi connectivity index (χ4n) is 1.72. The number of aryl methyl sites for hydroxylation is 1. The average Bonchev–Trinajstić information content (AvgIpc) is 2.88. The van der Waals surface area contributed by atoms with E-state index in [4.69, 9.17) is 9.47 Å². The Bertz CT molecular complexity index is 592. The highest BCUT2D eigenvalue weighted by Gasteiger charge is 2.13. The zero-order valence-corrected chi connectivity index (χ0v) is 11.9. The van der Waals surface area contributed by atoms with Crippen LogP contribution in [0.15, 0.2) is 23.6 Å². The van der Waals surface area contributed by atoms with Gasteiger partial charge in [0.15, 0.2) is 5.69 Å². The van der Waals surface area contributed by atoms with Gasteiger partial charge >= 0.3 is 5.97 Å². The SMILES string of the molecule is CCOC(=O)c1csc(-c2ccc(OC)c(C)c2)n1. The van der Waals surface area contributed by atoms with Crippen LogP contribution >= 0.6 is 11.3 Å². The van der Waals surface area contributed by atoms with Gasteiger partial charge in [-0.1, -0.05) is 0 Å². The molecule has 0 bridgehead atoms. The maximum atomic E-state index is 11.6. The number of nitrogens with zero attached hydrogens (tertiary/aromatic N) is 1. The van der Waals surface area contributed by atoms with Gasteiger partial charge in [-0.2, -0.15) is 0 Å². The second-order valence-electron chi connectivity index (χ2n) is 3.94. The van der Waals surface area contributed by atoms with Crippen molar-refractivity contribution in [1.82, 2.24) is 4.98 Å². The molecule has 1 heterocycles. The number of hydrogen-bond donors (Lipinski definition) is 0. The van der Waals surface area contributed by atoms with Gasteiger partial charge in [0.1, 0.15) is 10.8 Å². The van der Waals surface area contributed by atoms with Gasteiger partial charge in [-0.15, -0.1) is 11.3 Å². The highest BCUT2D eigenvalue weighted by Crippen LogP contribution is 2.28. The second-order valence-corrected chi connectivity index (χ2v) is 4.80. The molecular weight excluding hydrogens is 262 g/mol. The predicted octanol–water partition coefficient (Wildman–Crippen LogP) is 3.30. The Balaban J connectivity index is 2.27. The molecule has 0 fully saturated rings. The van der Waals surface area contributed by atoms with Crippen LogP contribution < -0.4 is 4.74 Å². The number of ether oxygens (including phenoxy) is 2. The van der Waals surface area contributed by atoms with Crippen LogP contribution in [-0.4, -0.2) is 24.7 Å². The van der Waals surface area contributed by atoms with E-state index in [9.17, 15) is 4.79 Å². The lowest BCUT2D eigenvalue weighted by Crippen LogP contribution is -2.04. The van der Waals surface area contributed by atoms with E-state index in [0.717, 1.165) is 21.9 Å². The van der Waals surface area contributed by atoms with Crippen LogP contribution in [0.2, 0.25) is 0 Å². The van der Waals surface area contributed by atoms with Crippen LogP contribution in [0.3, 0.4) is 0 Å². The summed E-state index contributed by atoms with van der Waals surface area (Å²) >= 11 is 1.43. The Morgan fingerprint density at radius 3 is 2.84 bits per heavy atom. The first kappa shape index (κ1) is 13.5. The second kappa shape index (κ2) is 5.84. The van der Waals surface area contributed by atoms with Crippen LogP contribution in [0, 0.1) is 6.92 Å². The molecule has 1 aromatic heterocycles. The van der Waals surface area contributed by atoms with E-state index >= 15 is 0 Å². The molecule has 0 aliphatic rings. The van der Waals surface area contributed by atoms with Crippen molar-refractivity contribution in [3.05, 3.63) is 34.8 Å². The zero-order chi connectivity index (χ0) is 13.8. The van der Waals surface area contributed by atoms with E-state index in [1.165, 1.54) is 11.3 Å². The Labute approximate surface area is 116 Å². The highest BCUT2D eigenvalue weighted by atomic mass is 32.1. The molecule has 4 nitrogen and oxygen atoms in total. The molecule has 0 unspecified atom stereocenters. The first-order valence-corrected chi connectivity index (χ1v) is 6.81. The topological polar surface area (TPSA) is 48.4 Å². The lowest BCUT2D eigenvalue weighted by atomic mass is 10.1. The van der Waals surface area contributed by atoms with Gasteiger partial charge in [-0.3, -0.25) is 0 Å². The van der Waals surface area contributed by atoms with Crippen molar-refractivity contribution in [2.24, 2.45) is 0 Å². The van der Waals surface area contributed by atoms with Crippen LogP contribution in [0.4, 0.5) is 0 Å². The molecule has 0 aliphatic carbocycles. The molecule has 2 rings (SSSR count). The molecule has 0 aliphatic heterocycles. The molecule has 0 spiro atoms. The largest absolute Gasteiger partial charge is 0.496 e. The maximum absolute atomic E-state index is 11.6. The standard InChI is InChI=1S/C14H15NO3S/c1-4-18-14(16)11-8-19-13(15-11)10-5-6-12(17-3)9(2)7-10/h5-8H,4H2,1-3H3. The first-order valence-electron chi connectivity index (χ1n) is 5.93. The van der Waals surface area contributed by atoms with E-state index < -0.39 is 0 Å². The summed E-state index contributed by atoms with van der Waals surface area (Å²) in [6, 6.07) is 5.82. The van der Waals surface area contributed by atoms with Gasteiger partial charge in [-0.25, -0.2) is 9.78 Å². The number of carbonyl (C=O) groups excluding carboxylic acids is 1. The van der Waals surface area contributed by atoms with Gasteiger partial charge in [0, 0.05) is 10.9 Å². The minimum absolute atomic E-state index is 0.355. The molecule has 0 N–H and O–H groups in total. The van der Waals surface area contributed by atoms with Crippen molar-refractivity contribution < 1.29 is 14.3 Å². The van der Waals surface area contributed by atoms with Crippen molar-refractivity contribution in [1.29, 1.82) is 0 Å². The van der Waals surface area contributed by atoms with E-state index in [2.05, 4.69) is 4.98 Å².